The summed E-state index contributed by atoms with van der Waals surface area (Å²) in [6.07, 6.45) is 1.59. The summed E-state index contributed by atoms with van der Waals surface area (Å²) in [7, 11) is 1.52. The van der Waals surface area contributed by atoms with E-state index in [0.717, 1.165) is 0 Å². The van der Waals surface area contributed by atoms with Gasteiger partial charge in [0, 0.05) is 24.7 Å². The summed E-state index contributed by atoms with van der Waals surface area (Å²) >= 11 is 5.89. The maximum Gasteiger partial charge on any atom is 0.356 e. The van der Waals surface area contributed by atoms with Crippen LogP contribution in [0.4, 0.5) is 11.5 Å². The second-order valence-corrected chi connectivity index (χ2v) is 8.69. The number of aromatic nitrogens is 3. The van der Waals surface area contributed by atoms with Crippen molar-refractivity contribution in [3.05, 3.63) is 92.6 Å². The maximum atomic E-state index is 13.1. The Kier molecular flexibility index (Phi) is 5.78. The second-order valence-electron chi connectivity index (χ2n) is 8.31. The molecular formula is C25H22ClN5O4. The number of pyridine rings is 2. The number of fused-ring (bicyclic) bond motifs is 2. The minimum Gasteiger partial charge on any atom is -0.495 e. The zero-order valence-corrected chi connectivity index (χ0v) is 19.8. The van der Waals surface area contributed by atoms with Gasteiger partial charge in [-0.1, -0.05) is 35.9 Å². The number of hydrogen-bond donors (Lipinski definition) is 2. The van der Waals surface area contributed by atoms with Crippen LogP contribution in [0, 0.1) is 0 Å². The molecule has 1 aliphatic heterocycles. The molecule has 0 spiro atoms. The predicted octanol–water partition coefficient (Wildman–Crippen LogP) is 4.14. The van der Waals surface area contributed by atoms with Gasteiger partial charge in [-0.15, -0.1) is 0 Å². The van der Waals surface area contributed by atoms with Crippen molar-refractivity contribution < 1.29 is 14.6 Å². The second kappa shape index (κ2) is 8.92. The third-order valence-electron chi connectivity index (χ3n) is 6.05. The number of carboxylic acid groups (broad SMARTS) is 1. The minimum atomic E-state index is -1.21. The van der Waals surface area contributed by atoms with Crippen LogP contribution < -0.4 is 20.5 Å². The highest BCUT2D eigenvalue weighted by molar-refractivity contribution is 6.29. The fraction of sp³-hybridized carbons (Fsp3) is 0.200. The first kappa shape index (κ1) is 22.7. The molecule has 2 N–H and O–H groups in total. The molecule has 3 aromatic heterocycles. The first-order valence-electron chi connectivity index (χ1n) is 10.9. The number of nitrogens with one attached hydrogen (secondary N) is 1. The molecule has 0 radical (unpaired) electrons. The monoisotopic (exact) mass is 491 g/mol. The summed E-state index contributed by atoms with van der Waals surface area (Å²) in [5.74, 6) is -0.161. The number of benzene rings is 1. The first-order chi connectivity index (χ1) is 16.8. The number of rotatable bonds is 6. The van der Waals surface area contributed by atoms with E-state index >= 15 is 0 Å². The summed E-state index contributed by atoms with van der Waals surface area (Å²) < 4.78 is 6.86. The van der Waals surface area contributed by atoms with E-state index in [2.05, 4.69) is 27.3 Å². The van der Waals surface area contributed by atoms with Crippen LogP contribution in [-0.2, 0) is 13.1 Å². The van der Waals surface area contributed by atoms with E-state index in [-0.39, 0.29) is 16.4 Å². The van der Waals surface area contributed by atoms with Crippen molar-refractivity contribution in [2.24, 2.45) is 0 Å². The van der Waals surface area contributed by atoms with Crippen molar-refractivity contribution >= 4 is 34.7 Å². The highest BCUT2D eigenvalue weighted by atomic mass is 35.5. The molecule has 1 aromatic carbocycles. The zero-order chi connectivity index (χ0) is 24.7. The Hall–Kier alpha value is -4.11. The molecule has 178 valence electrons. The number of carbonyl (C=O) groups is 1. The van der Waals surface area contributed by atoms with E-state index in [0.29, 0.717) is 41.6 Å². The van der Waals surface area contributed by atoms with E-state index < -0.39 is 12.0 Å². The molecule has 0 fully saturated rings. The van der Waals surface area contributed by atoms with Crippen LogP contribution >= 0.6 is 11.6 Å². The van der Waals surface area contributed by atoms with Gasteiger partial charge in [0.05, 0.1) is 25.0 Å². The molecule has 0 amide bonds. The van der Waals surface area contributed by atoms with Gasteiger partial charge >= 0.3 is 5.97 Å². The molecule has 0 unspecified atom stereocenters. The van der Waals surface area contributed by atoms with Crippen molar-refractivity contribution in [3.8, 4) is 5.75 Å². The molecule has 9 nitrogen and oxygen atoms in total. The number of anilines is 2. The lowest BCUT2D eigenvalue weighted by atomic mass is 10.1. The molecule has 0 aliphatic carbocycles. The molecule has 5 rings (SSSR count). The molecule has 1 aliphatic rings. The normalized spacial score (nSPS) is 13.5. The molecule has 0 bridgehead atoms. The van der Waals surface area contributed by atoms with Crippen molar-refractivity contribution in [3.63, 3.8) is 0 Å². The number of hydrogen-bond acceptors (Lipinski definition) is 7. The van der Waals surface area contributed by atoms with Gasteiger partial charge in [-0.05, 0) is 36.2 Å². The lowest BCUT2D eigenvalue weighted by Gasteiger charge is -2.21. The Morgan fingerprint density at radius 2 is 1.86 bits per heavy atom. The van der Waals surface area contributed by atoms with Crippen LogP contribution in [0.5, 0.6) is 5.75 Å². The first-order valence-corrected chi connectivity index (χ1v) is 11.3. The minimum absolute atomic E-state index is 0.0805. The van der Waals surface area contributed by atoms with Crippen LogP contribution in [0.15, 0.2) is 59.5 Å². The smallest absolute Gasteiger partial charge is 0.356 e. The van der Waals surface area contributed by atoms with E-state index in [1.165, 1.54) is 34.8 Å². The van der Waals surface area contributed by atoms with E-state index in [1.807, 2.05) is 19.1 Å². The fourth-order valence-corrected chi connectivity index (χ4v) is 4.45. The van der Waals surface area contributed by atoms with Crippen molar-refractivity contribution in [1.29, 1.82) is 0 Å². The summed E-state index contributed by atoms with van der Waals surface area (Å²) in [6.45, 7) is 3.17. The summed E-state index contributed by atoms with van der Waals surface area (Å²) in [5.41, 5.74) is 3.37. The van der Waals surface area contributed by atoms with Crippen LogP contribution in [0.25, 0.3) is 5.65 Å². The Bertz CT molecular complexity index is 1500. The standard InChI is InChI=1S/C25H22ClN5O4/c1-14(27-19-7-8-20(26)28-23(19)25(33)34)18-9-17(35-2)13-31-22(32)10-21(29-24(18)31)30-11-15-5-3-4-6-16(15)12-30/h3-10,13-14,27H,11-12H2,1-2H3,(H,33,34)/t14-/m1/s1. The van der Waals surface area contributed by atoms with Crippen molar-refractivity contribution in [1.82, 2.24) is 14.4 Å². The van der Waals surface area contributed by atoms with Crippen molar-refractivity contribution in [2.75, 3.05) is 17.3 Å². The highest BCUT2D eigenvalue weighted by Gasteiger charge is 2.23. The van der Waals surface area contributed by atoms with Gasteiger partial charge in [-0.25, -0.2) is 14.8 Å². The average molecular weight is 492 g/mol. The van der Waals surface area contributed by atoms with E-state index in [9.17, 15) is 14.7 Å². The fourth-order valence-electron chi connectivity index (χ4n) is 4.30. The predicted molar refractivity (Wildman–Crippen MR) is 133 cm³/mol. The SMILES string of the molecule is COc1cc([C@@H](C)Nc2ccc(Cl)nc2C(=O)O)c2nc(N3Cc4ccccc4C3)cc(=O)n2c1. The Labute approximate surface area is 205 Å². The Balaban J connectivity index is 1.58. The van der Waals surface area contributed by atoms with Gasteiger partial charge in [0.15, 0.2) is 5.69 Å². The Morgan fingerprint density at radius 3 is 2.51 bits per heavy atom. The zero-order valence-electron chi connectivity index (χ0n) is 19.0. The van der Waals surface area contributed by atoms with E-state index in [1.54, 1.807) is 18.3 Å². The number of halogens is 1. The third kappa shape index (κ3) is 4.26. The molecule has 35 heavy (non-hydrogen) atoms. The molecule has 10 heteroatoms. The molecule has 4 aromatic rings. The van der Waals surface area contributed by atoms with Crippen LogP contribution in [0.1, 0.15) is 40.1 Å². The summed E-state index contributed by atoms with van der Waals surface area (Å²) in [5, 5.41) is 12.8. The van der Waals surface area contributed by atoms with Gasteiger partial charge in [0.2, 0.25) is 0 Å². The molecule has 4 heterocycles. The van der Waals surface area contributed by atoms with Gasteiger partial charge < -0.3 is 20.1 Å². The van der Waals surface area contributed by atoms with E-state index in [4.69, 9.17) is 21.3 Å². The van der Waals surface area contributed by atoms with Gasteiger partial charge in [-0.3, -0.25) is 9.20 Å². The maximum absolute atomic E-state index is 13.1. The van der Waals surface area contributed by atoms with Crippen LogP contribution in [0.2, 0.25) is 5.15 Å². The number of carboxylic acids is 1. The van der Waals surface area contributed by atoms with Gasteiger partial charge in [0.25, 0.3) is 5.56 Å². The summed E-state index contributed by atoms with van der Waals surface area (Å²) in [6, 6.07) is 14.1. The van der Waals surface area contributed by atoms with Crippen LogP contribution in [0.3, 0.4) is 0 Å². The molecule has 0 saturated carbocycles. The molecule has 1 atom stereocenters. The van der Waals surface area contributed by atoms with Crippen molar-refractivity contribution in [2.45, 2.75) is 26.1 Å². The lowest BCUT2D eigenvalue weighted by Crippen LogP contribution is -2.23. The highest BCUT2D eigenvalue weighted by Crippen LogP contribution is 2.30. The topological polar surface area (TPSA) is 109 Å². The number of nitrogens with zero attached hydrogens (tertiary/aromatic N) is 4. The largest absolute Gasteiger partial charge is 0.495 e. The van der Waals surface area contributed by atoms with Crippen LogP contribution in [-0.4, -0.2) is 32.6 Å². The Morgan fingerprint density at radius 1 is 1.14 bits per heavy atom. The number of ether oxygens (including phenoxy) is 1. The quantitative estimate of drug-likeness (QED) is 0.387. The van der Waals surface area contributed by atoms with Gasteiger partial charge in [0.1, 0.15) is 22.4 Å². The number of aromatic carboxylic acids is 1. The number of methoxy groups -OCH3 is 1. The van der Waals surface area contributed by atoms with Gasteiger partial charge in [-0.2, -0.15) is 0 Å². The molecule has 0 saturated heterocycles. The average Bonchev–Trinajstić information content (AvgIpc) is 3.29. The molecular weight excluding hydrogens is 470 g/mol. The third-order valence-corrected chi connectivity index (χ3v) is 6.26. The lowest BCUT2D eigenvalue weighted by molar-refractivity contribution is 0.0691. The summed E-state index contributed by atoms with van der Waals surface area (Å²) in [4.78, 5) is 35.6.